The van der Waals surface area contributed by atoms with Crippen LogP contribution >= 0.6 is 15.9 Å². The molecule has 1 fully saturated rings. The van der Waals surface area contributed by atoms with Crippen molar-refractivity contribution in [2.45, 2.75) is 64.6 Å². The minimum absolute atomic E-state index is 0.729. The third-order valence-electron chi connectivity index (χ3n) is 4.28. The highest BCUT2D eigenvalue weighted by Gasteiger charge is 2.24. The maximum absolute atomic E-state index is 3.80. The molecule has 1 aliphatic carbocycles. The van der Waals surface area contributed by atoms with Crippen LogP contribution in [0.4, 0.5) is 0 Å². The molecule has 0 radical (unpaired) electrons. The fourth-order valence-corrected chi connectivity index (χ4v) is 2.91. The quantitative estimate of drug-likeness (QED) is 0.614. The maximum Gasteiger partial charge on any atom is 0.0168 e. The molecular weight excluding hydrogens is 248 g/mol. The topological polar surface area (TPSA) is 0 Å². The normalized spacial score (nSPS) is 34.4. The van der Waals surface area contributed by atoms with E-state index < -0.39 is 0 Å². The summed E-state index contributed by atoms with van der Waals surface area (Å²) in [5.74, 6) is 3.71. The van der Waals surface area contributed by atoms with E-state index in [1.54, 1.807) is 0 Å². The van der Waals surface area contributed by atoms with Crippen LogP contribution in [-0.2, 0) is 0 Å². The van der Waals surface area contributed by atoms with Gasteiger partial charge in [-0.3, -0.25) is 0 Å². The second-order valence-corrected chi connectivity index (χ2v) is 7.15. The van der Waals surface area contributed by atoms with Crippen LogP contribution in [0.15, 0.2) is 0 Å². The molecule has 0 bridgehead atoms. The monoisotopic (exact) mass is 274 g/mol. The Bertz CT molecular complexity index is 176. The summed E-state index contributed by atoms with van der Waals surface area (Å²) >= 11 is 3.80. The Morgan fingerprint density at radius 1 is 1.13 bits per heavy atom. The Labute approximate surface area is 104 Å². The first-order valence-electron chi connectivity index (χ1n) is 6.64. The van der Waals surface area contributed by atoms with Crippen LogP contribution in [0.25, 0.3) is 0 Å². The molecule has 1 saturated carbocycles. The van der Waals surface area contributed by atoms with Gasteiger partial charge in [-0.15, -0.1) is 0 Å². The molecule has 4 atom stereocenters. The lowest BCUT2D eigenvalue weighted by atomic mass is 9.74. The van der Waals surface area contributed by atoms with Crippen LogP contribution in [0.2, 0.25) is 0 Å². The second kappa shape index (κ2) is 6.27. The molecule has 0 spiro atoms. The largest absolute Gasteiger partial charge is 0.0888 e. The van der Waals surface area contributed by atoms with Gasteiger partial charge in [0.1, 0.15) is 0 Å². The molecule has 0 saturated heterocycles. The molecule has 0 aromatic heterocycles. The second-order valence-electron chi connectivity index (χ2n) is 5.97. The molecule has 0 aromatic carbocycles. The number of hydrogen-bond donors (Lipinski definition) is 0. The van der Waals surface area contributed by atoms with E-state index in [-0.39, 0.29) is 0 Å². The SMILES string of the molecule is CC(C)C(Br)CCC1CCC(C)C(C)C1. The Morgan fingerprint density at radius 2 is 1.80 bits per heavy atom. The molecule has 4 unspecified atom stereocenters. The summed E-state index contributed by atoms with van der Waals surface area (Å²) in [6.45, 7) is 9.48. The van der Waals surface area contributed by atoms with Crippen molar-refractivity contribution < 1.29 is 0 Å². The molecule has 1 rings (SSSR count). The lowest BCUT2D eigenvalue weighted by Crippen LogP contribution is -2.21. The molecule has 1 heteroatoms. The Morgan fingerprint density at radius 3 is 2.33 bits per heavy atom. The van der Waals surface area contributed by atoms with E-state index in [1.807, 2.05) is 0 Å². The molecule has 90 valence electrons. The summed E-state index contributed by atoms with van der Waals surface area (Å²) in [5, 5.41) is 0. The van der Waals surface area contributed by atoms with Crippen molar-refractivity contribution in [2.24, 2.45) is 23.7 Å². The van der Waals surface area contributed by atoms with Gasteiger partial charge in [0.15, 0.2) is 0 Å². The average Bonchev–Trinajstić information content (AvgIpc) is 2.19. The zero-order chi connectivity index (χ0) is 11.4. The first-order valence-corrected chi connectivity index (χ1v) is 7.56. The summed E-state index contributed by atoms with van der Waals surface area (Å²) in [6, 6.07) is 0. The Kier molecular flexibility index (Phi) is 5.66. The Balaban J connectivity index is 2.22. The first-order chi connectivity index (χ1) is 7.00. The first kappa shape index (κ1) is 13.5. The van der Waals surface area contributed by atoms with Crippen LogP contribution in [0, 0.1) is 23.7 Å². The summed E-state index contributed by atoms with van der Waals surface area (Å²) in [5.41, 5.74) is 0. The van der Waals surface area contributed by atoms with Crippen molar-refractivity contribution >= 4 is 15.9 Å². The molecule has 0 amide bonds. The van der Waals surface area contributed by atoms with Crippen LogP contribution in [0.5, 0.6) is 0 Å². The highest BCUT2D eigenvalue weighted by molar-refractivity contribution is 9.09. The van der Waals surface area contributed by atoms with Gasteiger partial charge in [0.25, 0.3) is 0 Å². The summed E-state index contributed by atoms with van der Waals surface area (Å²) < 4.78 is 0. The van der Waals surface area contributed by atoms with Crippen LogP contribution in [-0.4, -0.2) is 4.83 Å². The minimum Gasteiger partial charge on any atom is -0.0888 e. The van der Waals surface area contributed by atoms with Gasteiger partial charge in [0.05, 0.1) is 0 Å². The van der Waals surface area contributed by atoms with Gasteiger partial charge < -0.3 is 0 Å². The molecule has 0 heterocycles. The van der Waals surface area contributed by atoms with E-state index >= 15 is 0 Å². The van der Waals surface area contributed by atoms with Gasteiger partial charge in [-0.1, -0.05) is 56.5 Å². The number of halogens is 1. The zero-order valence-corrected chi connectivity index (χ0v) is 12.4. The molecule has 0 N–H and O–H groups in total. The van der Waals surface area contributed by atoms with Crippen molar-refractivity contribution in [2.75, 3.05) is 0 Å². The summed E-state index contributed by atoms with van der Waals surface area (Å²) in [6.07, 6.45) is 7.21. The van der Waals surface area contributed by atoms with E-state index in [9.17, 15) is 0 Å². The van der Waals surface area contributed by atoms with E-state index in [1.165, 1.54) is 32.1 Å². The van der Waals surface area contributed by atoms with Gasteiger partial charge >= 0.3 is 0 Å². The fourth-order valence-electron chi connectivity index (χ4n) is 2.65. The smallest absolute Gasteiger partial charge is 0.0168 e. The summed E-state index contributed by atoms with van der Waals surface area (Å²) in [7, 11) is 0. The maximum atomic E-state index is 3.80. The van der Waals surface area contributed by atoms with Crippen molar-refractivity contribution in [3.63, 3.8) is 0 Å². The highest BCUT2D eigenvalue weighted by Crippen LogP contribution is 2.36. The Hall–Kier alpha value is 0.480. The third-order valence-corrected chi connectivity index (χ3v) is 5.80. The average molecular weight is 275 g/mol. The van der Waals surface area contributed by atoms with E-state index in [2.05, 4.69) is 43.6 Å². The molecular formula is C14H27Br. The van der Waals surface area contributed by atoms with E-state index in [0.29, 0.717) is 0 Å². The van der Waals surface area contributed by atoms with Gasteiger partial charge in [-0.2, -0.15) is 0 Å². The lowest BCUT2D eigenvalue weighted by molar-refractivity contribution is 0.197. The summed E-state index contributed by atoms with van der Waals surface area (Å²) in [4.78, 5) is 0.729. The third kappa shape index (κ3) is 4.46. The standard InChI is InChI=1S/C14H27Br/c1-10(2)14(15)8-7-13-6-5-11(3)12(4)9-13/h10-14H,5-9H2,1-4H3. The van der Waals surface area contributed by atoms with Gasteiger partial charge in [0, 0.05) is 4.83 Å². The number of hydrogen-bond acceptors (Lipinski definition) is 0. The van der Waals surface area contributed by atoms with Crippen molar-refractivity contribution in [3.8, 4) is 0 Å². The van der Waals surface area contributed by atoms with Gasteiger partial charge in [-0.05, 0) is 42.9 Å². The number of rotatable bonds is 4. The van der Waals surface area contributed by atoms with Gasteiger partial charge in [0.2, 0.25) is 0 Å². The van der Waals surface area contributed by atoms with Crippen LogP contribution in [0.3, 0.4) is 0 Å². The van der Waals surface area contributed by atoms with Crippen molar-refractivity contribution in [1.82, 2.24) is 0 Å². The molecule has 0 nitrogen and oxygen atoms in total. The van der Waals surface area contributed by atoms with Gasteiger partial charge in [-0.25, -0.2) is 0 Å². The number of alkyl halides is 1. The van der Waals surface area contributed by atoms with E-state index in [0.717, 1.165) is 28.5 Å². The predicted molar refractivity (Wildman–Crippen MR) is 72.5 cm³/mol. The van der Waals surface area contributed by atoms with Crippen molar-refractivity contribution in [1.29, 1.82) is 0 Å². The lowest BCUT2D eigenvalue weighted by Gasteiger charge is -2.32. The predicted octanol–water partition coefficient (Wildman–Crippen LogP) is 5.26. The zero-order valence-electron chi connectivity index (χ0n) is 10.8. The van der Waals surface area contributed by atoms with Crippen molar-refractivity contribution in [3.05, 3.63) is 0 Å². The van der Waals surface area contributed by atoms with E-state index in [4.69, 9.17) is 0 Å². The molecule has 0 aromatic rings. The minimum atomic E-state index is 0.729. The molecule has 15 heavy (non-hydrogen) atoms. The van der Waals surface area contributed by atoms with Crippen LogP contribution in [0.1, 0.15) is 59.8 Å². The highest BCUT2D eigenvalue weighted by atomic mass is 79.9. The van der Waals surface area contributed by atoms with Crippen LogP contribution < -0.4 is 0 Å². The fraction of sp³-hybridized carbons (Fsp3) is 1.00. The molecule has 1 aliphatic rings. The molecule has 0 aliphatic heterocycles.